The van der Waals surface area contributed by atoms with E-state index in [1.807, 2.05) is 0 Å². The first-order valence-corrected chi connectivity index (χ1v) is 4.59. The minimum atomic E-state index is -0.452. The molecular formula is C6H7BrN2OS. The highest BCUT2D eigenvalue weighted by molar-refractivity contribution is 9.10. The zero-order valence-electron chi connectivity index (χ0n) is 5.87. The van der Waals surface area contributed by atoms with Crippen molar-refractivity contribution in [3.8, 4) is 0 Å². The average Bonchev–Trinajstić information content (AvgIpc) is 2.33. The first kappa shape index (κ1) is 8.83. The summed E-state index contributed by atoms with van der Waals surface area (Å²) in [7, 11) is 0. The van der Waals surface area contributed by atoms with Crippen molar-refractivity contribution in [1.29, 1.82) is 0 Å². The van der Waals surface area contributed by atoms with Crippen molar-refractivity contribution in [2.75, 3.05) is 0 Å². The van der Waals surface area contributed by atoms with E-state index in [2.05, 4.69) is 20.3 Å². The fourth-order valence-corrected chi connectivity index (χ4v) is 1.93. The van der Waals surface area contributed by atoms with Crippen molar-refractivity contribution < 1.29 is 4.79 Å². The summed E-state index contributed by atoms with van der Waals surface area (Å²) in [5, 5.41) is 0. The third kappa shape index (κ3) is 1.85. The van der Waals surface area contributed by atoms with Gasteiger partial charge in [0.2, 0.25) is 0 Å². The van der Waals surface area contributed by atoms with Gasteiger partial charge in [-0.3, -0.25) is 4.79 Å². The molecule has 1 aromatic rings. The van der Waals surface area contributed by atoms with Crippen LogP contribution in [0.1, 0.15) is 16.6 Å². The molecule has 11 heavy (non-hydrogen) atoms. The van der Waals surface area contributed by atoms with E-state index >= 15 is 0 Å². The van der Waals surface area contributed by atoms with Crippen LogP contribution in [-0.4, -0.2) is 16.2 Å². The van der Waals surface area contributed by atoms with Crippen LogP contribution in [0.25, 0.3) is 0 Å². The second-order valence-corrected chi connectivity index (χ2v) is 3.81. The van der Waals surface area contributed by atoms with Crippen LogP contribution in [0.5, 0.6) is 0 Å². The van der Waals surface area contributed by atoms with Crippen LogP contribution in [0, 0.1) is 0 Å². The molecule has 0 aromatic carbocycles. The molecule has 3 nitrogen and oxygen atoms in total. The fraction of sp³-hybridized carbons (Fsp3) is 0.333. The quantitative estimate of drug-likeness (QED) is 0.789. The van der Waals surface area contributed by atoms with E-state index in [1.165, 1.54) is 0 Å². The summed E-state index contributed by atoms with van der Waals surface area (Å²) in [6.45, 7) is 1.66. The summed E-state index contributed by atoms with van der Waals surface area (Å²) in [4.78, 5) is 11.8. The van der Waals surface area contributed by atoms with E-state index < -0.39 is 6.04 Å². The molecule has 2 N–H and O–H groups in total. The molecule has 5 heteroatoms. The maximum Gasteiger partial charge on any atom is 0.191 e. The Kier molecular flexibility index (Phi) is 2.75. The van der Waals surface area contributed by atoms with Crippen molar-refractivity contribution in [2.45, 2.75) is 13.0 Å². The van der Waals surface area contributed by atoms with Crippen molar-refractivity contribution in [2.24, 2.45) is 5.73 Å². The Morgan fingerprint density at radius 2 is 2.55 bits per heavy atom. The maximum absolute atomic E-state index is 11.2. The first-order valence-electron chi connectivity index (χ1n) is 3.03. The van der Waals surface area contributed by atoms with Gasteiger partial charge in [-0.1, -0.05) is 0 Å². The topological polar surface area (TPSA) is 56.0 Å². The van der Waals surface area contributed by atoms with Gasteiger partial charge in [-0.15, -0.1) is 0 Å². The van der Waals surface area contributed by atoms with E-state index in [0.717, 1.165) is 16.0 Å². The van der Waals surface area contributed by atoms with Gasteiger partial charge in [0.15, 0.2) is 5.78 Å². The van der Waals surface area contributed by atoms with Crippen LogP contribution in [0.2, 0.25) is 0 Å². The average molecular weight is 235 g/mol. The molecule has 1 unspecified atom stereocenters. The Morgan fingerprint density at radius 1 is 1.91 bits per heavy atom. The van der Waals surface area contributed by atoms with E-state index in [0.29, 0.717) is 4.88 Å². The lowest BCUT2D eigenvalue weighted by molar-refractivity contribution is 0.0971. The Balaban J connectivity index is 2.93. The van der Waals surface area contributed by atoms with Crippen LogP contribution in [0.3, 0.4) is 0 Å². The number of ketones is 1. The lowest BCUT2D eigenvalue weighted by Crippen LogP contribution is -2.26. The number of nitrogens with zero attached hydrogens (tertiary/aromatic N) is 1. The number of hydrogen-bond donors (Lipinski definition) is 1. The van der Waals surface area contributed by atoms with Gasteiger partial charge in [-0.2, -0.15) is 4.37 Å². The lowest BCUT2D eigenvalue weighted by atomic mass is 10.2. The van der Waals surface area contributed by atoms with Gasteiger partial charge in [-0.05, 0) is 34.4 Å². The fourth-order valence-electron chi connectivity index (χ4n) is 0.597. The Labute approximate surface area is 76.9 Å². The highest BCUT2D eigenvalue weighted by atomic mass is 79.9. The van der Waals surface area contributed by atoms with Crippen LogP contribution in [-0.2, 0) is 0 Å². The van der Waals surface area contributed by atoms with Crippen LogP contribution >= 0.6 is 27.5 Å². The molecular weight excluding hydrogens is 228 g/mol. The summed E-state index contributed by atoms with van der Waals surface area (Å²) in [5.74, 6) is -0.0700. The standard InChI is InChI=1S/C6H7BrN2OS/c1-3(8)5(10)6-4(7)2-9-11-6/h2-3H,8H2,1H3. The highest BCUT2D eigenvalue weighted by Gasteiger charge is 2.15. The second kappa shape index (κ2) is 3.42. The normalized spacial score (nSPS) is 13.0. The Hall–Kier alpha value is -0.260. The number of Topliss-reactive ketones (excluding diaryl/α,β-unsaturated/α-hetero) is 1. The largest absolute Gasteiger partial charge is 0.321 e. The van der Waals surface area contributed by atoms with Crippen molar-refractivity contribution >= 4 is 33.2 Å². The third-order valence-corrected chi connectivity index (χ3v) is 2.84. The second-order valence-electron chi connectivity index (χ2n) is 2.16. The van der Waals surface area contributed by atoms with Crippen molar-refractivity contribution in [3.05, 3.63) is 15.5 Å². The summed E-state index contributed by atoms with van der Waals surface area (Å²) in [6, 6.07) is -0.452. The number of carbonyl (C=O) groups is 1. The third-order valence-electron chi connectivity index (χ3n) is 1.16. The number of hydrogen-bond acceptors (Lipinski definition) is 4. The zero-order chi connectivity index (χ0) is 8.43. The van der Waals surface area contributed by atoms with Crippen LogP contribution in [0.4, 0.5) is 0 Å². The lowest BCUT2D eigenvalue weighted by Gasteiger charge is -1.99. The van der Waals surface area contributed by atoms with E-state index in [4.69, 9.17) is 5.73 Å². The summed E-state index contributed by atoms with van der Waals surface area (Å²) in [6.07, 6.45) is 1.60. The monoisotopic (exact) mass is 234 g/mol. The molecule has 1 heterocycles. The van der Waals surface area contributed by atoms with Crippen molar-refractivity contribution in [3.63, 3.8) is 0 Å². The molecule has 0 aliphatic heterocycles. The molecule has 60 valence electrons. The number of carbonyl (C=O) groups excluding carboxylic acids is 1. The summed E-state index contributed by atoms with van der Waals surface area (Å²) in [5.41, 5.74) is 5.40. The molecule has 0 fully saturated rings. The van der Waals surface area contributed by atoms with E-state index in [9.17, 15) is 4.79 Å². The van der Waals surface area contributed by atoms with Gasteiger partial charge in [-0.25, -0.2) is 0 Å². The minimum absolute atomic E-state index is 0.0700. The molecule has 0 saturated carbocycles. The predicted molar refractivity (Wildman–Crippen MR) is 47.8 cm³/mol. The first-order chi connectivity index (χ1) is 5.13. The Morgan fingerprint density at radius 3 is 2.91 bits per heavy atom. The van der Waals surface area contributed by atoms with Gasteiger partial charge in [0, 0.05) is 0 Å². The van der Waals surface area contributed by atoms with Crippen molar-refractivity contribution in [1.82, 2.24) is 4.37 Å². The zero-order valence-corrected chi connectivity index (χ0v) is 8.28. The van der Waals surface area contributed by atoms with Crippen LogP contribution in [0.15, 0.2) is 10.7 Å². The molecule has 0 aliphatic rings. The molecule has 0 aliphatic carbocycles. The summed E-state index contributed by atoms with van der Waals surface area (Å²) < 4.78 is 4.57. The highest BCUT2D eigenvalue weighted by Crippen LogP contribution is 2.20. The number of aromatic nitrogens is 1. The molecule has 1 aromatic heterocycles. The minimum Gasteiger partial charge on any atom is -0.321 e. The Bertz CT molecular complexity index is 271. The van der Waals surface area contributed by atoms with Crippen LogP contribution < -0.4 is 5.73 Å². The number of halogens is 1. The molecule has 0 bridgehead atoms. The maximum atomic E-state index is 11.2. The molecule has 0 amide bonds. The summed E-state index contributed by atoms with van der Waals surface area (Å²) >= 11 is 4.37. The molecule has 0 saturated heterocycles. The van der Waals surface area contributed by atoms with E-state index in [-0.39, 0.29) is 5.78 Å². The van der Waals surface area contributed by atoms with Gasteiger partial charge >= 0.3 is 0 Å². The number of nitrogens with two attached hydrogens (primary N) is 1. The molecule has 0 radical (unpaired) electrons. The molecule has 1 rings (SSSR count). The molecule has 1 atom stereocenters. The van der Waals surface area contributed by atoms with Gasteiger partial charge in [0.1, 0.15) is 4.88 Å². The predicted octanol–water partition coefficient (Wildman–Crippen LogP) is 1.44. The number of rotatable bonds is 2. The van der Waals surface area contributed by atoms with E-state index in [1.54, 1.807) is 13.1 Å². The smallest absolute Gasteiger partial charge is 0.191 e. The van der Waals surface area contributed by atoms with Gasteiger partial charge in [0.25, 0.3) is 0 Å². The van der Waals surface area contributed by atoms with Gasteiger partial charge < -0.3 is 5.73 Å². The molecule has 0 spiro atoms. The SMILES string of the molecule is CC(N)C(=O)c1sncc1Br. The van der Waals surface area contributed by atoms with Gasteiger partial charge in [0.05, 0.1) is 16.7 Å².